The van der Waals surface area contributed by atoms with Crippen molar-refractivity contribution in [1.29, 1.82) is 5.26 Å². The van der Waals surface area contributed by atoms with Gasteiger partial charge in [-0.3, -0.25) is 5.32 Å². The van der Waals surface area contributed by atoms with Crippen LogP contribution in [0, 0.1) is 17.2 Å². The Morgan fingerprint density at radius 1 is 1.19 bits per heavy atom. The molecule has 0 spiro atoms. The fourth-order valence-electron chi connectivity index (χ4n) is 4.43. The van der Waals surface area contributed by atoms with Gasteiger partial charge in [0.25, 0.3) is 0 Å². The summed E-state index contributed by atoms with van der Waals surface area (Å²) < 4.78 is 0. The van der Waals surface area contributed by atoms with Crippen LogP contribution in [0.5, 0.6) is 0 Å². The molecule has 0 amide bonds. The zero-order valence-electron chi connectivity index (χ0n) is 14.0. The van der Waals surface area contributed by atoms with Gasteiger partial charge in [0, 0.05) is 6.04 Å². The van der Waals surface area contributed by atoms with Gasteiger partial charge in [0.15, 0.2) is 0 Å². The maximum Gasteiger partial charge on any atom is 0.109 e. The lowest BCUT2D eigenvalue weighted by Crippen LogP contribution is -2.48. The summed E-state index contributed by atoms with van der Waals surface area (Å²) >= 11 is 0. The van der Waals surface area contributed by atoms with Crippen molar-refractivity contribution in [3.8, 4) is 6.07 Å². The van der Waals surface area contributed by atoms with Crippen LogP contribution in [-0.2, 0) is 0 Å². The molecule has 0 bridgehead atoms. The van der Waals surface area contributed by atoms with Gasteiger partial charge < -0.3 is 4.90 Å². The van der Waals surface area contributed by atoms with Crippen molar-refractivity contribution in [3.63, 3.8) is 0 Å². The van der Waals surface area contributed by atoms with E-state index in [0.717, 1.165) is 25.4 Å². The summed E-state index contributed by atoms with van der Waals surface area (Å²) in [5.74, 6) is 0.546. The van der Waals surface area contributed by atoms with Gasteiger partial charge in [0.1, 0.15) is 5.54 Å². The van der Waals surface area contributed by atoms with Crippen LogP contribution >= 0.6 is 0 Å². The number of hydrogen-bond donors (Lipinski definition) is 1. The van der Waals surface area contributed by atoms with Gasteiger partial charge in [-0.1, -0.05) is 33.1 Å². The molecule has 1 N–H and O–H groups in total. The average molecular weight is 291 g/mol. The van der Waals surface area contributed by atoms with Gasteiger partial charge in [-0.2, -0.15) is 5.26 Å². The summed E-state index contributed by atoms with van der Waals surface area (Å²) in [6.45, 7) is 7.80. The van der Waals surface area contributed by atoms with E-state index >= 15 is 0 Å². The highest BCUT2D eigenvalue weighted by Gasteiger charge is 2.42. The fraction of sp³-hybridized carbons (Fsp3) is 0.944. The summed E-state index contributed by atoms with van der Waals surface area (Å²) in [6.07, 6.45) is 11.4. The molecular weight excluding hydrogens is 258 g/mol. The van der Waals surface area contributed by atoms with Crippen LogP contribution in [0.4, 0.5) is 0 Å². The van der Waals surface area contributed by atoms with Crippen molar-refractivity contribution < 1.29 is 0 Å². The van der Waals surface area contributed by atoms with Crippen LogP contribution in [0.25, 0.3) is 0 Å². The molecule has 0 aromatic rings. The second-order valence-electron chi connectivity index (χ2n) is 6.95. The number of nitrogens with one attached hydrogen (secondary N) is 1. The third kappa shape index (κ3) is 3.99. The highest BCUT2D eigenvalue weighted by Crippen LogP contribution is 2.38. The Hall–Kier alpha value is -0.590. The van der Waals surface area contributed by atoms with Crippen molar-refractivity contribution >= 4 is 0 Å². The minimum absolute atomic E-state index is 0.231. The van der Waals surface area contributed by atoms with E-state index < -0.39 is 0 Å². The molecule has 0 aliphatic heterocycles. The van der Waals surface area contributed by atoms with Crippen LogP contribution < -0.4 is 5.32 Å². The summed E-state index contributed by atoms with van der Waals surface area (Å²) in [7, 11) is 0. The number of nitrogens with zero attached hydrogens (tertiary/aromatic N) is 2. The first-order chi connectivity index (χ1) is 10.3. The number of hydrogen-bond acceptors (Lipinski definition) is 3. The van der Waals surface area contributed by atoms with Gasteiger partial charge >= 0.3 is 0 Å². The van der Waals surface area contributed by atoms with Crippen molar-refractivity contribution in [3.05, 3.63) is 0 Å². The number of rotatable bonds is 8. The Morgan fingerprint density at radius 3 is 2.57 bits per heavy atom. The minimum Gasteiger partial charge on any atom is -0.301 e. The zero-order valence-corrected chi connectivity index (χ0v) is 14.0. The van der Waals surface area contributed by atoms with Crippen LogP contribution in [0.15, 0.2) is 0 Å². The second-order valence-corrected chi connectivity index (χ2v) is 6.95. The van der Waals surface area contributed by atoms with Crippen LogP contribution in [0.2, 0.25) is 0 Å². The highest BCUT2D eigenvalue weighted by atomic mass is 15.1. The standard InChI is InChI=1S/C18H33N3/c1-3-13-20-18(15-19)12-7-8-16(18)11-14-21(4-2)17-9-5-6-10-17/h16-17,20H,3-14H2,1-2H3. The van der Waals surface area contributed by atoms with Crippen molar-refractivity contribution in [2.45, 2.75) is 83.2 Å². The monoisotopic (exact) mass is 291 g/mol. The molecule has 0 aromatic carbocycles. The van der Waals surface area contributed by atoms with Crippen molar-refractivity contribution in [2.75, 3.05) is 19.6 Å². The molecule has 2 aliphatic carbocycles. The first-order valence-corrected chi connectivity index (χ1v) is 9.16. The maximum absolute atomic E-state index is 9.72. The lowest BCUT2D eigenvalue weighted by Gasteiger charge is -2.33. The lowest BCUT2D eigenvalue weighted by molar-refractivity contribution is 0.179. The van der Waals surface area contributed by atoms with Gasteiger partial charge in [-0.05, 0) is 64.1 Å². The van der Waals surface area contributed by atoms with E-state index in [-0.39, 0.29) is 5.54 Å². The molecule has 120 valence electrons. The third-order valence-electron chi connectivity index (χ3n) is 5.72. The minimum atomic E-state index is -0.231. The largest absolute Gasteiger partial charge is 0.301 e. The predicted molar refractivity (Wildman–Crippen MR) is 88.1 cm³/mol. The summed E-state index contributed by atoms with van der Waals surface area (Å²) in [6, 6.07) is 3.46. The zero-order chi connectivity index (χ0) is 15.1. The smallest absolute Gasteiger partial charge is 0.109 e. The summed E-state index contributed by atoms with van der Waals surface area (Å²) in [4.78, 5) is 2.67. The molecule has 2 atom stereocenters. The SMILES string of the molecule is CCCNC1(C#N)CCCC1CCN(CC)C1CCCC1. The van der Waals surface area contributed by atoms with Crippen LogP contribution in [-0.4, -0.2) is 36.1 Å². The highest BCUT2D eigenvalue weighted by molar-refractivity contribution is 5.14. The molecule has 3 nitrogen and oxygen atoms in total. The maximum atomic E-state index is 9.72. The molecular formula is C18H33N3. The molecule has 21 heavy (non-hydrogen) atoms. The first kappa shape index (κ1) is 16.8. The third-order valence-corrected chi connectivity index (χ3v) is 5.72. The summed E-state index contributed by atoms with van der Waals surface area (Å²) in [5.41, 5.74) is -0.231. The van der Waals surface area contributed by atoms with E-state index in [1.807, 2.05) is 0 Å². The lowest BCUT2D eigenvalue weighted by atomic mass is 9.85. The predicted octanol–water partition coefficient (Wildman–Crippen LogP) is 3.70. The molecule has 0 heterocycles. The Balaban J connectivity index is 1.89. The second kappa shape index (κ2) is 8.15. The Morgan fingerprint density at radius 2 is 1.95 bits per heavy atom. The van der Waals surface area contributed by atoms with E-state index in [2.05, 4.69) is 30.1 Å². The van der Waals surface area contributed by atoms with E-state index in [1.165, 1.54) is 58.0 Å². The van der Waals surface area contributed by atoms with Gasteiger partial charge in [-0.15, -0.1) is 0 Å². The molecule has 0 saturated heterocycles. The van der Waals surface area contributed by atoms with Crippen molar-refractivity contribution in [1.82, 2.24) is 10.2 Å². The normalized spacial score (nSPS) is 30.1. The molecule has 2 unspecified atom stereocenters. The van der Waals surface area contributed by atoms with E-state index in [1.54, 1.807) is 0 Å². The van der Waals surface area contributed by atoms with Crippen LogP contribution in [0.3, 0.4) is 0 Å². The quantitative estimate of drug-likeness (QED) is 0.741. The first-order valence-electron chi connectivity index (χ1n) is 9.16. The fourth-order valence-corrected chi connectivity index (χ4v) is 4.43. The molecule has 2 aliphatic rings. The molecule has 3 heteroatoms. The van der Waals surface area contributed by atoms with Crippen LogP contribution in [0.1, 0.15) is 71.6 Å². The number of nitriles is 1. The van der Waals surface area contributed by atoms with Gasteiger partial charge in [0.2, 0.25) is 0 Å². The van der Waals surface area contributed by atoms with E-state index in [4.69, 9.17) is 0 Å². The Kier molecular flexibility index (Phi) is 6.51. The van der Waals surface area contributed by atoms with Gasteiger partial charge in [0.05, 0.1) is 6.07 Å². The topological polar surface area (TPSA) is 39.1 Å². The van der Waals surface area contributed by atoms with Gasteiger partial charge in [-0.25, -0.2) is 0 Å². The molecule has 2 rings (SSSR count). The Labute approximate surface area is 131 Å². The molecule has 2 saturated carbocycles. The average Bonchev–Trinajstić information content (AvgIpc) is 3.16. The summed E-state index contributed by atoms with van der Waals surface area (Å²) in [5, 5.41) is 13.3. The molecule has 0 aromatic heterocycles. The molecule has 0 radical (unpaired) electrons. The van der Waals surface area contributed by atoms with E-state index in [9.17, 15) is 5.26 Å². The van der Waals surface area contributed by atoms with E-state index in [0.29, 0.717) is 5.92 Å². The van der Waals surface area contributed by atoms with Crippen molar-refractivity contribution in [2.24, 2.45) is 5.92 Å². The molecule has 2 fully saturated rings. The Bertz CT molecular complexity index is 343.